The standard InChI is InChI=1S/C6H15N.BF4/c1-4-5-7-6(2)3;2-1(3,4)5/h6-7H,4-5H2,1-3H3;/q;-1/p+1. The molecule has 12 heavy (non-hydrogen) atoms. The van der Waals surface area contributed by atoms with Gasteiger partial charge >= 0.3 is 7.25 Å². The number of rotatable bonds is 3. The van der Waals surface area contributed by atoms with Crippen LogP contribution in [-0.2, 0) is 0 Å². The Bertz CT molecular complexity index is 88.0. The molecular weight excluding hydrogens is 173 g/mol. The zero-order chi connectivity index (χ0) is 10.2. The normalized spacial score (nSPS) is 11.0. The molecule has 0 aliphatic rings. The van der Waals surface area contributed by atoms with Gasteiger partial charge in [-0.25, -0.2) is 0 Å². The first-order valence-electron chi connectivity index (χ1n) is 3.98. The number of nitrogens with two attached hydrogens (primary N) is 1. The second-order valence-corrected chi connectivity index (χ2v) is 2.76. The Kier molecular flexibility index (Phi) is 8.80. The number of hydrogen-bond donors (Lipinski definition) is 1. The van der Waals surface area contributed by atoms with Crippen molar-refractivity contribution in [1.29, 1.82) is 0 Å². The summed E-state index contributed by atoms with van der Waals surface area (Å²) in [7, 11) is -6.00. The fraction of sp³-hybridized carbons (Fsp3) is 1.00. The fourth-order valence-corrected chi connectivity index (χ4v) is 0.500. The van der Waals surface area contributed by atoms with E-state index in [1.165, 1.54) is 13.0 Å². The van der Waals surface area contributed by atoms with Crippen LogP contribution >= 0.6 is 0 Å². The summed E-state index contributed by atoms with van der Waals surface area (Å²) in [5.41, 5.74) is 0. The van der Waals surface area contributed by atoms with E-state index in [9.17, 15) is 17.3 Å². The van der Waals surface area contributed by atoms with Crippen molar-refractivity contribution in [3.8, 4) is 0 Å². The molecule has 0 atom stereocenters. The van der Waals surface area contributed by atoms with Crippen LogP contribution in [0.2, 0.25) is 0 Å². The molecule has 0 aliphatic heterocycles. The molecule has 0 saturated carbocycles. The third-order valence-electron chi connectivity index (χ3n) is 0.927. The van der Waals surface area contributed by atoms with Gasteiger partial charge in [-0.3, -0.25) is 0 Å². The van der Waals surface area contributed by atoms with E-state index in [2.05, 4.69) is 26.1 Å². The first kappa shape index (κ1) is 14.3. The quantitative estimate of drug-likeness (QED) is 0.513. The minimum absolute atomic E-state index is 0.778. The van der Waals surface area contributed by atoms with Gasteiger partial charge in [-0.15, -0.1) is 0 Å². The lowest BCUT2D eigenvalue weighted by Gasteiger charge is -2.00. The molecule has 0 amide bonds. The van der Waals surface area contributed by atoms with Crippen molar-refractivity contribution in [3.05, 3.63) is 0 Å². The highest BCUT2D eigenvalue weighted by Crippen LogP contribution is 2.06. The van der Waals surface area contributed by atoms with Crippen LogP contribution in [0, 0.1) is 0 Å². The van der Waals surface area contributed by atoms with Crippen LogP contribution in [0.5, 0.6) is 0 Å². The van der Waals surface area contributed by atoms with E-state index in [0.29, 0.717) is 0 Å². The lowest BCUT2D eigenvalue weighted by Crippen LogP contribution is -2.88. The summed E-state index contributed by atoms with van der Waals surface area (Å²) in [4.78, 5) is 0. The first-order chi connectivity index (χ1) is 5.27. The molecular formula is C6H16BF4N. The van der Waals surface area contributed by atoms with Crippen LogP contribution in [0.4, 0.5) is 17.3 Å². The third kappa shape index (κ3) is 53.1. The average Bonchev–Trinajstić information content (AvgIpc) is 1.79. The second kappa shape index (κ2) is 7.40. The predicted molar refractivity (Wildman–Crippen MR) is 42.4 cm³/mol. The monoisotopic (exact) mass is 189 g/mol. The molecule has 0 radical (unpaired) electrons. The number of hydrogen-bond acceptors (Lipinski definition) is 0. The number of halogens is 4. The largest absolute Gasteiger partial charge is 0.673 e. The van der Waals surface area contributed by atoms with E-state index < -0.39 is 7.25 Å². The van der Waals surface area contributed by atoms with Gasteiger partial charge in [0, 0.05) is 0 Å². The molecule has 0 fully saturated rings. The highest BCUT2D eigenvalue weighted by Gasteiger charge is 2.20. The Balaban J connectivity index is 0. The van der Waals surface area contributed by atoms with Gasteiger partial charge in [-0.1, -0.05) is 6.92 Å². The minimum Gasteiger partial charge on any atom is -0.418 e. The Hall–Kier alpha value is -0.255. The Morgan fingerprint density at radius 2 is 1.50 bits per heavy atom. The summed E-state index contributed by atoms with van der Waals surface area (Å²) in [6.07, 6.45) is 1.29. The van der Waals surface area contributed by atoms with Crippen LogP contribution in [-0.4, -0.2) is 19.8 Å². The van der Waals surface area contributed by atoms with Crippen molar-refractivity contribution in [2.24, 2.45) is 0 Å². The maximum atomic E-state index is 9.75. The van der Waals surface area contributed by atoms with Crippen LogP contribution in [0.3, 0.4) is 0 Å². The van der Waals surface area contributed by atoms with E-state index >= 15 is 0 Å². The molecule has 0 spiro atoms. The van der Waals surface area contributed by atoms with Gasteiger partial charge < -0.3 is 22.6 Å². The van der Waals surface area contributed by atoms with E-state index in [1.54, 1.807) is 0 Å². The van der Waals surface area contributed by atoms with Crippen molar-refractivity contribution in [2.75, 3.05) is 6.54 Å². The Labute approximate surface area is 70.6 Å². The second-order valence-electron chi connectivity index (χ2n) is 2.76. The van der Waals surface area contributed by atoms with Crippen LogP contribution < -0.4 is 5.32 Å². The topological polar surface area (TPSA) is 16.6 Å². The molecule has 0 heterocycles. The highest BCUT2D eigenvalue weighted by molar-refractivity contribution is 6.50. The lowest BCUT2D eigenvalue weighted by atomic mass is 10.3. The lowest BCUT2D eigenvalue weighted by molar-refractivity contribution is -0.682. The summed E-state index contributed by atoms with van der Waals surface area (Å²) in [6, 6.07) is 0.778. The first-order valence-corrected chi connectivity index (χ1v) is 3.98. The molecule has 0 unspecified atom stereocenters. The maximum Gasteiger partial charge on any atom is 0.673 e. The SMILES string of the molecule is CCC[NH2+]C(C)C.F[B-](F)(F)F. The molecule has 0 bridgehead atoms. The molecule has 0 rings (SSSR count). The summed E-state index contributed by atoms with van der Waals surface area (Å²) >= 11 is 0. The van der Waals surface area contributed by atoms with E-state index in [-0.39, 0.29) is 0 Å². The van der Waals surface area contributed by atoms with Gasteiger partial charge in [0.1, 0.15) is 0 Å². The van der Waals surface area contributed by atoms with E-state index in [4.69, 9.17) is 0 Å². The van der Waals surface area contributed by atoms with Crippen molar-refractivity contribution < 1.29 is 22.6 Å². The minimum atomic E-state index is -6.00. The van der Waals surface area contributed by atoms with Gasteiger partial charge in [0.15, 0.2) is 0 Å². The molecule has 0 saturated heterocycles. The van der Waals surface area contributed by atoms with Crippen molar-refractivity contribution in [3.63, 3.8) is 0 Å². The molecule has 0 aromatic heterocycles. The molecule has 76 valence electrons. The Morgan fingerprint density at radius 3 is 1.58 bits per heavy atom. The van der Waals surface area contributed by atoms with Crippen molar-refractivity contribution in [2.45, 2.75) is 33.2 Å². The summed E-state index contributed by atoms with van der Waals surface area (Å²) < 4.78 is 39.0. The zero-order valence-electron chi connectivity index (χ0n) is 7.66. The van der Waals surface area contributed by atoms with Gasteiger partial charge in [0.25, 0.3) is 0 Å². The highest BCUT2D eigenvalue weighted by atomic mass is 19.5. The van der Waals surface area contributed by atoms with E-state index in [0.717, 1.165) is 6.04 Å². The zero-order valence-corrected chi connectivity index (χ0v) is 7.66. The fourth-order valence-electron chi connectivity index (χ4n) is 0.500. The smallest absolute Gasteiger partial charge is 0.418 e. The predicted octanol–water partition coefficient (Wildman–Crippen LogP) is 1.67. The summed E-state index contributed by atoms with van der Waals surface area (Å²) in [5.74, 6) is 0. The maximum absolute atomic E-state index is 9.75. The van der Waals surface area contributed by atoms with Gasteiger partial charge in [-0.2, -0.15) is 0 Å². The molecule has 0 aliphatic carbocycles. The summed E-state index contributed by atoms with van der Waals surface area (Å²) in [6.45, 7) is 7.92. The van der Waals surface area contributed by atoms with Gasteiger partial charge in [0.05, 0.1) is 12.6 Å². The molecule has 6 heteroatoms. The van der Waals surface area contributed by atoms with Gasteiger partial charge in [-0.05, 0) is 20.3 Å². The average molecular weight is 189 g/mol. The van der Waals surface area contributed by atoms with Crippen molar-refractivity contribution >= 4 is 7.25 Å². The van der Waals surface area contributed by atoms with Crippen LogP contribution in [0.1, 0.15) is 27.2 Å². The number of quaternary nitrogens is 1. The Morgan fingerprint density at radius 1 is 1.17 bits per heavy atom. The van der Waals surface area contributed by atoms with Gasteiger partial charge in [0.2, 0.25) is 0 Å². The molecule has 0 aromatic carbocycles. The molecule has 1 nitrogen and oxygen atoms in total. The van der Waals surface area contributed by atoms with E-state index in [1.807, 2.05) is 0 Å². The third-order valence-corrected chi connectivity index (χ3v) is 0.927. The van der Waals surface area contributed by atoms with Crippen LogP contribution in [0.25, 0.3) is 0 Å². The summed E-state index contributed by atoms with van der Waals surface area (Å²) in [5, 5.41) is 2.35. The van der Waals surface area contributed by atoms with Crippen molar-refractivity contribution in [1.82, 2.24) is 0 Å². The molecule has 2 N–H and O–H groups in total. The van der Waals surface area contributed by atoms with Crippen LogP contribution in [0.15, 0.2) is 0 Å². The molecule has 0 aromatic rings.